The molecule has 2 amide bonds. The fraction of sp³-hybridized carbons (Fsp3) is 0.500. The number of hydrogen-bond donors (Lipinski definition) is 1. The van der Waals surface area contributed by atoms with Crippen LogP contribution in [0.4, 0.5) is 5.69 Å². The van der Waals surface area contributed by atoms with E-state index in [-0.39, 0.29) is 17.7 Å². The molecule has 1 aromatic rings. The van der Waals surface area contributed by atoms with E-state index in [1.165, 1.54) is 0 Å². The van der Waals surface area contributed by atoms with Crippen molar-refractivity contribution in [1.82, 2.24) is 4.90 Å². The zero-order chi connectivity index (χ0) is 14.5. The van der Waals surface area contributed by atoms with Crippen molar-refractivity contribution < 1.29 is 9.59 Å². The van der Waals surface area contributed by atoms with Crippen molar-refractivity contribution in [2.75, 3.05) is 18.4 Å². The summed E-state index contributed by atoms with van der Waals surface area (Å²) in [6.07, 6.45) is 2.39. The van der Waals surface area contributed by atoms with Gasteiger partial charge in [-0.2, -0.15) is 0 Å². The highest BCUT2D eigenvalue weighted by Crippen LogP contribution is 2.20. The Morgan fingerprint density at radius 3 is 2.95 bits per heavy atom. The third-order valence-electron chi connectivity index (χ3n) is 3.65. The first-order chi connectivity index (χ1) is 9.60. The summed E-state index contributed by atoms with van der Waals surface area (Å²) in [6, 6.07) is 7.71. The molecular weight excluding hydrogens is 252 g/mol. The molecule has 0 saturated carbocycles. The number of carbonyl (C=O) groups is 2. The fourth-order valence-electron chi connectivity index (χ4n) is 2.48. The Balaban J connectivity index is 1.92. The van der Waals surface area contributed by atoms with Crippen molar-refractivity contribution in [2.24, 2.45) is 5.92 Å². The molecule has 108 valence electrons. The van der Waals surface area contributed by atoms with Crippen LogP contribution in [-0.4, -0.2) is 29.8 Å². The number of nitrogens with zero attached hydrogens (tertiary/aromatic N) is 1. The van der Waals surface area contributed by atoms with Gasteiger partial charge in [0, 0.05) is 25.2 Å². The summed E-state index contributed by atoms with van der Waals surface area (Å²) in [4.78, 5) is 25.9. The molecule has 0 bridgehead atoms. The van der Waals surface area contributed by atoms with Crippen LogP contribution in [0.1, 0.15) is 31.7 Å². The van der Waals surface area contributed by atoms with Gasteiger partial charge in [0.25, 0.3) is 0 Å². The Morgan fingerprint density at radius 1 is 1.45 bits per heavy atom. The average molecular weight is 274 g/mol. The Kier molecular flexibility index (Phi) is 4.77. The third kappa shape index (κ3) is 3.59. The molecule has 0 aromatic heterocycles. The molecule has 0 spiro atoms. The number of aryl methyl sites for hydroxylation is 1. The van der Waals surface area contributed by atoms with Gasteiger partial charge in [-0.1, -0.05) is 25.5 Å². The summed E-state index contributed by atoms with van der Waals surface area (Å²) >= 11 is 0. The van der Waals surface area contributed by atoms with Crippen molar-refractivity contribution in [3.63, 3.8) is 0 Å². The first-order valence-corrected chi connectivity index (χ1v) is 7.25. The number of hydrogen-bond acceptors (Lipinski definition) is 2. The van der Waals surface area contributed by atoms with Crippen LogP contribution >= 0.6 is 0 Å². The van der Waals surface area contributed by atoms with Gasteiger partial charge in [0.05, 0.1) is 5.92 Å². The van der Waals surface area contributed by atoms with Crippen LogP contribution in [0.25, 0.3) is 0 Å². The van der Waals surface area contributed by atoms with E-state index in [4.69, 9.17) is 0 Å². The number of carbonyl (C=O) groups excluding carboxylic acids is 2. The second-order valence-corrected chi connectivity index (χ2v) is 5.45. The van der Waals surface area contributed by atoms with Crippen LogP contribution in [0, 0.1) is 12.8 Å². The zero-order valence-electron chi connectivity index (χ0n) is 12.2. The van der Waals surface area contributed by atoms with Crippen LogP contribution in [0.5, 0.6) is 0 Å². The highest BCUT2D eigenvalue weighted by molar-refractivity contribution is 5.97. The van der Waals surface area contributed by atoms with Gasteiger partial charge in [-0.3, -0.25) is 9.59 Å². The normalized spacial score (nSPS) is 18.4. The van der Waals surface area contributed by atoms with Gasteiger partial charge < -0.3 is 10.2 Å². The molecule has 1 aromatic carbocycles. The third-order valence-corrected chi connectivity index (χ3v) is 3.65. The predicted octanol–water partition coefficient (Wildman–Crippen LogP) is 2.58. The highest BCUT2D eigenvalue weighted by atomic mass is 16.2. The molecule has 1 atom stereocenters. The average Bonchev–Trinajstić information content (AvgIpc) is 2.78. The van der Waals surface area contributed by atoms with Crippen molar-refractivity contribution >= 4 is 17.5 Å². The van der Waals surface area contributed by atoms with E-state index in [0.29, 0.717) is 13.0 Å². The van der Waals surface area contributed by atoms with Crippen LogP contribution in [0.2, 0.25) is 0 Å². The lowest BCUT2D eigenvalue weighted by Gasteiger charge is -2.16. The van der Waals surface area contributed by atoms with Crippen molar-refractivity contribution in [3.05, 3.63) is 29.8 Å². The number of benzene rings is 1. The lowest BCUT2D eigenvalue weighted by Crippen LogP contribution is -2.29. The maximum Gasteiger partial charge on any atom is 0.229 e. The first kappa shape index (κ1) is 14.6. The molecule has 1 fully saturated rings. The van der Waals surface area contributed by atoms with Crippen molar-refractivity contribution in [2.45, 2.75) is 33.1 Å². The van der Waals surface area contributed by atoms with Gasteiger partial charge in [0.1, 0.15) is 0 Å². The SMILES string of the molecule is CCCCN1C[C@H](C(=O)Nc2cccc(C)c2)CC1=O. The molecule has 1 aliphatic heterocycles. The minimum absolute atomic E-state index is 0.0528. The van der Waals surface area contributed by atoms with E-state index in [1.54, 1.807) is 0 Å². The molecule has 0 aliphatic carbocycles. The van der Waals surface area contributed by atoms with Crippen LogP contribution in [0.3, 0.4) is 0 Å². The van der Waals surface area contributed by atoms with E-state index < -0.39 is 0 Å². The summed E-state index contributed by atoms with van der Waals surface area (Å²) in [6.45, 7) is 5.41. The second-order valence-electron chi connectivity index (χ2n) is 5.45. The number of anilines is 1. The van der Waals surface area contributed by atoms with Crippen LogP contribution in [0.15, 0.2) is 24.3 Å². The minimum Gasteiger partial charge on any atom is -0.342 e. The van der Waals surface area contributed by atoms with Gasteiger partial charge in [-0.05, 0) is 31.0 Å². The van der Waals surface area contributed by atoms with E-state index >= 15 is 0 Å². The lowest BCUT2D eigenvalue weighted by molar-refractivity contribution is -0.128. The summed E-state index contributed by atoms with van der Waals surface area (Å²) in [5, 5.41) is 2.90. The van der Waals surface area contributed by atoms with E-state index in [0.717, 1.165) is 30.6 Å². The maximum absolute atomic E-state index is 12.2. The van der Waals surface area contributed by atoms with Crippen molar-refractivity contribution in [1.29, 1.82) is 0 Å². The summed E-state index contributed by atoms with van der Waals surface area (Å²) in [7, 11) is 0. The fourth-order valence-corrected chi connectivity index (χ4v) is 2.48. The smallest absolute Gasteiger partial charge is 0.229 e. The molecule has 20 heavy (non-hydrogen) atoms. The molecule has 1 saturated heterocycles. The van der Waals surface area contributed by atoms with Gasteiger partial charge in [-0.15, -0.1) is 0 Å². The molecule has 4 nitrogen and oxygen atoms in total. The van der Waals surface area contributed by atoms with Gasteiger partial charge in [-0.25, -0.2) is 0 Å². The Bertz CT molecular complexity index is 499. The summed E-state index contributed by atoms with van der Waals surface area (Å²) in [5.74, 6) is -0.175. The number of rotatable bonds is 5. The minimum atomic E-state index is -0.222. The maximum atomic E-state index is 12.2. The van der Waals surface area contributed by atoms with Crippen LogP contribution in [-0.2, 0) is 9.59 Å². The largest absolute Gasteiger partial charge is 0.342 e. The molecule has 4 heteroatoms. The Hall–Kier alpha value is -1.84. The topological polar surface area (TPSA) is 49.4 Å². The highest BCUT2D eigenvalue weighted by Gasteiger charge is 2.33. The van der Waals surface area contributed by atoms with Crippen LogP contribution < -0.4 is 5.32 Å². The molecule has 1 aliphatic rings. The van der Waals surface area contributed by atoms with Gasteiger partial charge in [0.15, 0.2) is 0 Å². The van der Waals surface area contributed by atoms with Gasteiger partial charge in [0.2, 0.25) is 11.8 Å². The molecule has 0 unspecified atom stereocenters. The summed E-state index contributed by atoms with van der Waals surface area (Å²) < 4.78 is 0. The Morgan fingerprint density at radius 2 is 2.25 bits per heavy atom. The molecule has 1 N–H and O–H groups in total. The molecule has 0 radical (unpaired) electrons. The second kappa shape index (κ2) is 6.55. The molecule has 1 heterocycles. The van der Waals surface area contributed by atoms with Crippen molar-refractivity contribution in [3.8, 4) is 0 Å². The van der Waals surface area contributed by atoms with E-state index in [9.17, 15) is 9.59 Å². The first-order valence-electron chi connectivity index (χ1n) is 7.25. The summed E-state index contributed by atoms with van der Waals surface area (Å²) in [5.41, 5.74) is 1.91. The quantitative estimate of drug-likeness (QED) is 0.897. The molecule has 2 rings (SSSR count). The van der Waals surface area contributed by atoms with Gasteiger partial charge >= 0.3 is 0 Å². The number of unbranched alkanes of at least 4 members (excludes halogenated alkanes) is 1. The Labute approximate surface area is 120 Å². The number of nitrogens with one attached hydrogen (secondary N) is 1. The monoisotopic (exact) mass is 274 g/mol. The van der Waals surface area contributed by atoms with E-state index in [1.807, 2.05) is 36.1 Å². The van der Waals surface area contributed by atoms with E-state index in [2.05, 4.69) is 12.2 Å². The number of amides is 2. The predicted molar refractivity (Wildman–Crippen MR) is 79.4 cm³/mol. The zero-order valence-corrected chi connectivity index (χ0v) is 12.2. The molecular formula is C16H22N2O2. The standard InChI is InChI=1S/C16H22N2O2/c1-3-4-8-18-11-13(10-15(18)19)16(20)17-14-7-5-6-12(2)9-14/h5-7,9,13H,3-4,8,10-11H2,1-2H3,(H,17,20)/t13-/m1/s1. The lowest BCUT2D eigenvalue weighted by atomic mass is 10.1. The number of likely N-dealkylation sites (tertiary alicyclic amines) is 1.